The number of aromatic nitrogens is 2. The molecular formula is C17H19F3N4O2. The molecule has 0 fully saturated rings. The Balaban J connectivity index is 1.87. The van der Waals surface area contributed by atoms with Crippen LogP contribution in [0.25, 0.3) is 0 Å². The van der Waals surface area contributed by atoms with Crippen LogP contribution in [-0.4, -0.2) is 44.3 Å². The van der Waals surface area contributed by atoms with Crippen LogP contribution in [0.2, 0.25) is 0 Å². The van der Waals surface area contributed by atoms with Gasteiger partial charge in [-0.05, 0) is 17.7 Å². The molecule has 0 bridgehead atoms. The van der Waals surface area contributed by atoms with Gasteiger partial charge in [0, 0.05) is 33.8 Å². The molecule has 6 nitrogen and oxygen atoms in total. The van der Waals surface area contributed by atoms with Crippen LogP contribution in [0.4, 0.5) is 24.9 Å². The van der Waals surface area contributed by atoms with E-state index in [4.69, 9.17) is 9.47 Å². The normalized spacial score (nSPS) is 13.5. The van der Waals surface area contributed by atoms with Gasteiger partial charge in [-0.1, -0.05) is 6.07 Å². The second-order valence-electron chi connectivity index (χ2n) is 6.14. The van der Waals surface area contributed by atoms with Crippen molar-refractivity contribution < 1.29 is 22.6 Å². The van der Waals surface area contributed by atoms with E-state index in [1.165, 1.54) is 4.90 Å². The van der Waals surface area contributed by atoms with Crippen LogP contribution in [0, 0.1) is 0 Å². The van der Waals surface area contributed by atoms with Crippen LogP contribution in [0.5, 0.6) is 11.5 Å². The van der Waals surface area contributed by atoms with Crippen molar-refractivity contribution in [1.29, 1.82) is 0 Å². The Kier molecular flexibility index (Phi) is 4.80. The molecule has 1 aliphatic rings. The predicted octanol–water partition coefficient (Wildman–Crippen LogP) is 2.97. The van der Waals surface area contributed by atoms with E-state index in [1.807, 2.05) is 12.1 Å². The van der Waals surface area contributed by atoms with Crippen molar-refractivity contribution in [2.24, 2.45) is 0 Å². The van der Waals surface area contributed by atoms with Crippen LogP contribution in [0.15, 0.2) is 24.3 Å². The smallest absolute Gasteiger partial charge is 0.433 e. The first-order valence-electron chi connectivity index (χ1n) is 7.97. The lowest BCUT2D eigenvalue weighted by atomic mass is 10.2. The first kappa shape index (κ1) is 18.1. The molecule has 1 aromatic carbocycles. The number of halogens is 3. The van der Waals surface area contributed by atoms with Gasteiger partial charge >= 0.3 is 6.18 Å². The number of nitrogens with zero attached hydrogens (tertiary/aromatic N) is 4. The first-order valence-corrected chi connectivity index (χ1v) is 7.97. The molecule has 0 atom stereocenters. The van der Waals surface area contributed by atoms with Gasteiger partial charge in [-0.2, -0.15) is 18.2 Å². The number of ether oxygens (including phenoxy) is 2. The number of alkyl halides is 3. The average molecular weight is 368 g/mol. The minimum atomic E-state index is -4.54. The summed E-state index contributed by atoms with van der Waals surface area (Å²) in [5.41, 5.74) is -0.121. The maximum atomic E-state index is 13.1. The Morgan fingerprint density at radius 3 is 2.35 bits per heavy atom. The molecule has 2 aromatic rings. The van der Waals surface area contributed by atoms with E-state index in [9.17, 15) is 13.2 Å². The maximum absolute atomic E-state index is 13.1. The molecule has 0 saturated heterocycles. The van der Waals surface area contributed by atoms with Crippen LogP contribution in [-0.2, 0) is 12.7 Å². The molecule has 1 aliphatic heterocycles. The number of rotatable bonds is 4. The summed E-state index contributed by atoms with van der Waals surface area (Å²) in [4.78, 5) is 11.0. The molecule has 0 unspecified atom stereocenters. The summed E-state index contributed by atoms with van der Waals surface area (Å²) in [5.74, 6) is 1.48. The molecule has 0 saturated carbocycles. The molecule has 0 N–H and O–H groups in total. The van der Waals surface area contributed by atoms with Crippen molar-refractivity contribution in [3.8, 4) is 11.5 Å². The molecule has 26 heavy (non-hydrogen) atoms. The van der Waals surface area contributed by atoms with Crippen LogP contribution in [0.3, 0.4) is 0 Å². The van der Waals surface area contributed by atoms with Crippen molar-refractivity contribution in [2.75, 3.05) is 44.2 Å². The molecule has 0 amide bonds. The fourth-order valence-corrected chi connectivity index (χ4v) is 2.50. The molecule has 0 radical (unpaired) electrons. The second-order valence-corrected chi connectivity index (χ2v) is 6.14. The molecule has 0 aliphatic carbocycles. The van der Waals surface area contributed by atoms with E-state index in [-0.39, 0.29) is 11.8 Å². The summed E-state index contributed by atoms with van der Waals surface area (Å²) in [6.45, 7) is 1.29. The van der Waals surface area contributed by atoms with E-state index in [0.717, 1.165) is 11.6 Å². The summed E-state index contributed by atoms with van der Waals surface area (Å²) in [7, 11) is 4.91. The van der Waals surface area contributed by atoms with Gasteiger partial charge in [0.1, 0.15) is 19.0 Å². The van der Waals surface area contributed by atoms with Gasteiger partial charge < -0.3 is 19.3 Å². The van der Waals surface area contributed by atoms with E-state index in [2.05, 4.69) is 9.97 Å². The Morgan fingerprint density at radius 1 is 1.00 bits per heavy atom. The summed E-state index contributed by atoms with van der Waals surface area (Å²) in [6, 6.07) is 6.37. The maximum Gasteiger partial charge on any atom is 0.433 e. The number of benzene rings is 1. The number of fused-ring (bicyclic) bond motifs is 1. The van der Waals surface area contributed by atoms with Crippen molar-refractivity contribution in [2.45, 2.75) is 12.7 Å². The fraction of sp³-hybridized carbons (Fsp3) is 0.412. The van der Waals surface area contributed by atoms with Gasteiger partial charge in [0.15, 0.2) is 17.2 Å². The summed E-state index contributed by atoms with van der Waals surface area (Å²) >= 11 is 0. The number of anilines is 2. The summed E-state index contributed by atoms with van der Waals surface area (Å²) in [6.07, 6.45) is -4.54. The monoisotopic (exact) mass is 368 g/mol. The zero-order valence-corrected chi connectivity index (χ0v) is 14.7. The standard InChI is InChI=1S/C17H19F3N4O2/c1-23(2)15-9-14(17(18,19)20)21-16(22-15)24(3)10-11-4-5-12-13(8-11)26-7-6-25-12/h4-5,8-9H,6-7,10H2,1-3H3. The highest BCUT2D eigenvalue weighted by atomic mass is 19.4. The topological polar surface area (TPSA) is 50.7 Å². The minimum Gasteiger partial charge on any atom is -0.486 e. The molecule has 9 heteroatoms. The Labute approximate surface area is 149 Å². The SMILES string of the molecule is CN(C)c1cc(C(F)(F)F)nc(N(C)Cc2ccc3c(c2)OCCO3)n1. The molecule has 1 aromatic heterocycles. The molecular weight excluding hydrogens is 349 g/mol. The van der Waals surface area contributed by atoms with Gasteiger partial charge in [-0.25, -0.2) is 4.98 Å². The first-order chi connectivity index (χ1) is 12.2. The predicted molar refractivity (Wildman–Crippen MR) is 90.9 cm³/mol. The molecule has 140 valence electrons. The van der Waals surface area contributed by atoms with Gasteiger partial charge in [0.05, 0.1) is 0 Å². The van der Waals surface area contributed by atoms with E-state index >= 15 is 0 Å². The fourth-order valence-electron chi connectivity index (χ4n) is 2.50. The van der Waals surface area contributed by atoms with Crippen LogP contribution >= 0.6 is 0 Å². The zero-order valence-electron chi connectivity index (χ0n) is 14.7. The van der Waals surface area contributed by atoms with Crippen molar-refractivity contribution >= 4 is 11.8 Å². The highest BCUT2D eigenvalue weighted by Gasteiger charge is 2.34. The van der Waals surface area contributed by atoms with Gasteiger partial charge in [0.2, 0.25) is 5.95 Å². The third kappa shape index (κ3) is 3.92. The lowest BCUT2D eigenvalue weighted by molar-refractivity contribution is -0.141. The van der Waals surface area contributed by atoms with E-state index in [1.54, 1.807) is 32.1 Å². The molecule has 3 rings (SSSR count). The van der Waals surface area contributed by atoms with Crippen LogP contribution in [0.1, 0.15) is 11.3 Å². The van der Waals surface area contributed by atoms with Crippen molar-refractivity contribution in [3.05, 3.63) is 35.5 Å². The van der Waals surface area contributed by atoms with Gasteiger partial charge in [-0.15, -0.1) is 0 Å². The molecule has 0 spiro atoms. The highest BCUT2D eigenvalue weighted by Crippen LogP contribution is 2.33. The Bertz CT molecular complexity index is 796. The molecule has 2 heterocycles. The lowest BCUT2D eigenvalue weighted by Gasteiger charge is -2.23. The zero-order chi connectivity index (χ0) is 18.9. The average Bonchev–Trinajstić information content (AvgIpc) is 2.60. The third-order valence-corrected chi connectivity index (χ3v) is 3.82. The van der Waals surface area contributed by atoms with Crippen molar-refractivity contribution in [1.82, 2.24) is 9.97 Å². The Morgan fingerprint density at radius 2 is 1.69 bits per heavy atom. The van der Waals surface area contributed by atoms with Crippen molar-refractivity contribution in [3.63, 3.8) is 0 Å². The Hall–Kier alpha value is -2.71. The number of hydrogen-bond donors (Lipinski definition) is 0. The highest BCUT2D eigenvalue weighted by molar-refractivity contribution is 5.47. The largest absolute Gasteiger partial charge is 0.486 e. The van der Waals surface area contributed by atoms with E-state index < -0.39 is 11.9 Å². The third-order valence-electron chi connectivity index (χ3n) is 3.82. The lowest BCUT2D eigenvalue weighted by Crippen LogP contribution is -2.23. The minimum absolute atomic E-state index is 0.00147. The second kappa shape index (κ2) is 6.89. The van der Waals surface area contributed by atoms with E-state index in [0.29, 0.717) is 31.3 Å². The van der Waals surface area contributed by atoms with Crippen LogP contribution < -0.4 is 19.3 Å². The van der Waals surface area contributed by atoms with Gasteiger partial charge in [-0.3, -0.25) is 0 Å². The number of hydrogen-bond acceptors (Lipinski definition) is 6. The summed E-state index contributed by atoms with van der Waals surface area (Å²) < 4.78 is 50.4. The summed E-state index contributed by atoms with van der Waals surface area (Å²) in [5, 5.41) is 0. The van der Waals surface area contributed by atoms with Gasteiger partial charge in [0.25, 0.3) is 0 Å². The quantitative estimate of drug-likeness (QED) is 0.827.